The largest absolute Gasteiger partial charge is 0.481 e. The number of urea groups is 1. The van der Waals surface area contributed by atoms with Crippen LogP contribution in [0.25, 0.3) is 0 Å². The molecule has 0 aliphatic carbocycles. The molecule has 0 saturated carbocycles. The number of aromatic nitrogens is 1. The fourth-order valence-electron chi connectivity index (χ4n) is 1.45. The van der Waals surface area contributed by atoms with Crippen LogP contribution in [0.1, 0.15) is 19.4 Å². The number of carboxylic acids is 1. The molecule has 0 spiro atoms. The number of amides is 2. The molecule has 6 nitrogen and oxygen atoms in total. The molecular formula is C14H21N3O3. The lowest BCUT2D eigenvalue weighted by atomic mass is 9.94. The molecule has 2 N–H and O–H groups in total. The summed E-state index contributed by atoms with van der Waals surface area (Å²) in [5.41, 5.74) is 0.132. The van der Waals surface area contributed by atoms with Crippen LogP contribution in [0.5, 0.6) is 0 Å². The van der Waals surface area contributed by atoms with Crippen LogP contribution >= 0.6 is 0 Å². The van der Waals surface area contributed by atoms with E-state index in [1.807, 2.05) is 12.1 Å². The zero-order valence-corrected chi connectivity index (χ0v) is 12.1. The molecule has 0 fully saturated rings. The Balaban J connectivity index is 2.38. The minimum atomic E-state index is -0.971. The van der Waals surface area contributed by atoms with E-state index in [-0.39, 0.29) is 12.6 Å². The minimum Gasteiger partial charge on any atom is -0.481 e. The van der Waals surface area contributed by atoms with Crippen molar-refractivity contribution in [2.75, 3.05) is 20.1 Å². The van der Waals surface area contributed by atoms with Gasteiger partial charge in [-0.05, 0) is 38.0 Å². The van der Waals surface area contributed by atoms with Crippen molar-refractivity contribution in [3.63, 3.8) is 0 Å². The second kappa shape index (κ2) is 6.88. The van der Waals surface area contributed by atoms with Crippen molar-refractivity contribution in [3.05, 3.63) is 30.1 Å². The summed E-state index contributed by atoms with van der Waals surface area (Å²) in [6.07, 6.45) is 4.16. The summed E-state index contributed by atoms with van der Waals surface area (Å²) in [7, 11) is 1.68. The molecule has 2 amide bonds. The standard InChI is InChI=1S/C14H21N3O3/c1-14(2,12(18)19)10-16-13(20)17(3)9-6-11-4-7-15-8-5-11/h4-5,7-8H,6,9-10H2,1-3H3,(H,16,20)(H,18,19). The summed E-state index contributed by atoms with van der Waals surface area (Å²) < 4.78 is 0. The van der Waals surface area contributed by atoms with Gasteiger partial charge in [0.15, 0.2) is 0 Å². The molecule has 0 atom stereocenters. The summed E-state index contributed by atoms with van der Waals surface area (Å²) in [6.45, 7) is 3.81. The van der Waals surface area contributed by atoms with Crippen LogP contribution in [0.3, 0.4) is 0 Å². The van der Waals surface area contributed by atoms with Gasteiger partial charge in [-0.15, -0.1) is 0 Å². The van der Waals surface area contributed by atoms with E-state index in [1.54, 1.807) is 38.2 Å². The smallest absolute Gasteiger partial charge is 0.317 e. The van der Waals surface area contributed by atoms with Gasteiger partial charge in [-0.2, -0.15) is 0 Å². The lowest BCUT2D eigenvalue weighted by Crippen LogP contribution is -2.44. The molecular weight excluding hydrogens is 258 g/mol. The van der Waals surface area contributed by atoms with Crippen molar-refractivity contribution < 1.29 is 14.7 Å². The van der Waals surface area contributed by atoms with Gasteiger partial charge < -0.3 is 15.3 Å². The molecule has 0 saturated heterocycles. The molecule has 1 rings (SSSR count). The number of hydrogen-bond acceptors (Lipinski definition) is 3. The molecule has 0 bridgehead atoms. The Morgan fingerprint density at radius 1 is 1.35 bits per heavy atom. The quantitative estimate of drug-likeness (QED) is 0.824. The summed E-state index contributed by atoms with van der Waals surface area (Å²) in [4.78, 5) is 28.3. The minimum absolute atomic E-state index is 0.0980. The highest BCUT2D eigenvalue weighted by Crippen LogP contribution is 2.13. The van der Waals surface area contributed by atoms with Crippen molar-refractivity contribution in [2.24, 2.45) is 5.41 Å². The lowest BCUT2D eigenvalue weighted by Gasteiger charge is -2.23. The Morgan fingerprint density at radius 2 is 1.95 bits per heavy atom. The molecule has 0 radical (unpaired) electrons. The van der Waals surface area contributed by atoms with Crippen molar-refractivity contribution in [3.8, 4) is 0 Å². The molecule has 110 valence electrons. The van der Waals surface area contributed by atoms with E-state index >= 15 is 0 Å². The number of carboxylic acid groups (broad SMARTS) is 1. The van der Waals surface area contributed by atoms with Gasteiger partial charge in [0.25, 0.3) is 0 Å². The maximum absolute atomic E-state index is 11.8. The second-order valence-corrected chi connectivity index (χ2v) is 5.37. The highest BCUT2D eigenvalue weighted by molar-refractivity contribution is 5.77. The van der Waals surface area contributed by atoms with E-state index in [1.165, 1.54) is 0 Å². The Labute approximate surface area is 118 Å². The normalized spacial score (nSPS) is 10.9. The number of hydrogen-bond donors (Lipinski definition) is 2. The van der Waals surface area contributed by atoms with E-state index in [0.717, 1.165) is 12.0 Å². The first kappa shape index (κ1) is 15.9. The van der Waals surface area contributed by atoms with Gasteiger partial charge in [-0.3, -0.25) is 9.78 Å². The highest BCUT2D eigenvalue weighted by Gasteiger charge is 2.27. The molecule has 1 aromatic heterocycles. The average Bonchev–Trinajstić information content (AvgIpc) is 2.43. The Bertz CT molecular complexity index is 460. The average molecular weight is 279 g/mol. The van der Waals surface area contributed by atoms with E-state index < -0.39 is 11.4 Å². The third-order valence-electron chi connectivity index (χ3n) is 3.09. The zero-order chi connectivity index (χ0) is 15.2. The summed E-state index contributed by atoms with van der Waals surface area (Å²) in [5.74, 6) is -0.933. The van der Waals surface area contributed by atoms with Crippen LogP contribution < -0.4 is 5.32 Å². The van der Waals surface area contributed by atoms with Crippen molar-refractivity contribution in [1.82, 2.24) is 15.2 Å². The van der Waals surface area contributed by atoms with Crippen LogP contribution in [-0.4, -0.2) is 47.1 Å². The number of nitrogens with zero attached hydrogens (tertiary/aromatic N) is 2. The molecule has 0 aliphatic heterocycles. The first-order valence-corrected chi connectivity index (χ1v) is 6.44. The van der Waals surface area contributed by atoms with Crippen molar-refractivity contribution in [1.29, 1.82) is 0 Å². The van der Waals surface area contributed by atoms with Gasteiger partial charge in [0.1, 0.15) is 0 Å². The number of rotatable bonds is 6. The predicted octanol–water partition coefficient (Wildman–Crippen LogP) is 1.38. The van der Waals surface area contributed by atoms with Crippen LogP contribution in [-0.2, 0) is 11.2 Å². The SMILES string of the molecule is CN(CCc1ccncc1)C(=O)NCC(C)(C)C(=O)O. The lowest BCUT2D eigenvalue weighted by molar-refractivity contribution is -0.146. The molecule has 0 aliphatic rings. The molecule has 1 heterocycles. The van der Waals surface area contributed by atoms with Crippen LogP contribution in [0.15, 0.2) is 24.5 Å². The zero-order valence-electron chi connectivity index (χ0n) is 12.1. The Hall–Kier alpha value is -2.11. The van der Waals surface area contributed by atoms with Crippen LogP contribution in [0.2, 0.25) is 0 Å². The summed E-state index contributed by atoms with van der Waals surface area (Å²) in [6, 6.07) is 3.53. The first-order valence-electron chi connectivity index (χ1n) is 6.44. The molecule has 20 heavy (non-hydrogen) atoms. The first-order chi connectivity index (χ1) is 9.33. The number of likely N-dealkylation sites (N-methyl/N-ethyl adjacent to an activating group) is 1. The third-order valence-corrected chi connectivity index (χ3v) is 3.09. The summed E-state index contributed by atoms with van der Waals surface area (Å²) >= 11 is 0. The Kier molecular flexibility index (Phi) is 5.49. The topological polar surface area (TPSA) is 82.5 Å². The van der Waals surface area contributed by atoms with Crippen LogP contribution in [0, 0.1) is 5.41 Å². The molecule has 0 aromatic carbocycles. The van der Waals surface area contributed by atoms with E-state index in [4.69, 9.17) is 5.11 Å². The van der Waals surface area contributed by atoms with E-state index in [2.05, 4.69) is 10.3 Å². The molecule has 0 unspecified atom stereocenters. The van der Waals surface area contributed by atoms with Gasteiger partial charge in [-0.25, -0.2) is 4.79 Å². The number of carbonyl (C=O) groups is 2. The number of carbonyl (C=O) groups excluding carboxylic acids is 1. The molecule has 1 aromatic rings. The van der Waals surface area contributed by atoms with Gasteiger partial charge >= 0.3 is 12.0 Å². The van der Waals surface area contributed by atoms with Gasteiger partial charge in [-0.1, -0.05) is 0 Å². The van der Waals surface area contributed by atoms with E-state index in [0.29, 0.717) is 6.54 Å². The van der Waals surface area contributed by atoms with Gasteiger partial charge in [0.05, 0.1) is 5.41 Å². The predicted molar refractivity (Wildman–Crippen MR) is 75.4 cm³/mol. The summed E-state index contributed by atoms with van der Waals surface area (Å²) in [5, 5.41) is 11.6. The van der Waals surface area contributed by atoms with Crippen LogP contribution in [0.4, 0.5) is 4.79 Å². The Morgan fingerprint density at radius 3 is 2.50 bits per heavy atom. The van der Waals surface area contributed by atoms with Gasteiger partial charge in [0, 0.05) is 32.5 Å². The number of aliphatic carboxylic acids is 1. The van der Waals surface area contributed by atoms with Crippen molar-refractivity contribution in [2.45, 2.75) is 20.3 Å². The number of nitrogens with one attached hydrogen (secondary N) is 1. The molecule has 6 heteroatoms. The highest BCUT2D eigenvalue weighted by atomic mass is 16.4. The van der Waals surface area contributed by atoms with Crippen molar-refractivity contribution >= 4 is 12.0 Å². The van der Waals surface area contributed by atoms with E-state index in [9.17, 15) is 9.59 Å². The maximum atomic E-state index is 11.8. The monoisotopic (exact) mass is 279 g/mol. The fraction of sp³-hybridized carbons (Fsp3) is 0.500. The van der Waals surface area contributed by atoms with Gasteiger partial charge in [0.2, 0.25) is 0 Å². The third kappa shape index (κ3) is 4.87. The number of pyridine rings is 1. The second-order valence-electron chi connectivity index (χ2n) is 5.37. The fourth-order valence-corrected chi connectivity index (χ4v) is 1.45. The maximum Gasteiger partial charge on any atom is 0.317 e.